The first-order valence-electron chi connectivity index (χ1n) is 13.3. The summed E-state index contributed by atoms with van der Waals surface area (Å²) in [5, 5.41) is 0.999. The summed E-state index contributed by atoms with van der Waals surface area (Å²) < 4.78 is 8.05. The van der Waals surface area contributed by atoms with Gasteiger partial charge in [-0.05, 0) is 42.3 Å². The fourth-order valence-corrected chi connectivity index (χ4v) is 6.07. The molecule has 5 nitrogen and oxygen atoms in total. The highest BCUT2D eigenvalue weighted by Crippen LogP contribution is 2.45. The lowest BCUT2D eigenvalue weighted by atomic mass is 9.79. The number of ether oxygens (including phenoxy) is 1. The first-order chi connectivity index (χ1) is 18.2. The molecule has 1 aliphatic rings. The molecule has 4 aromatic rings. The number of nitrogens with zero attached hydrogens (tertiary/aromatic N) is 2. The van der Waals surface area contributed by atoms with Gasteiger partial charge in [-0.1, -0.05) is 86.4 Å². The number of aromatic nitrogens is 1. The Morgan fingerprint density at radius 1 is 0.921 bits per heavy atom. The zero-order valence-electron chi connectivity index (χ0n) is 22.7. The van der Waals surface area contributed by atoms with Crippen LogP contribution >= 0.6 is 0 Å². The van der Waals surface area contributed by atoms with Crippen molar-refractivity contribution in [1.29, 1.82) is 0 Å². The summed E-state index contributed by atoms with van der Waals surface area (Å²) in [6.07, 6.45) is 0.0966. The summed E-state index contributed by atoms with van der Waals surface area (Å²) in [6.45, 7) is 10.4. The highest BCUT2D eigenvalue weighted by molar-refractivity contribution is 6.76. The van der Waals surface area contributed by atoms with Crippen LogP contribution in [0, 0.1) is 0 Å². The van der Waals surface area contributed by atoms with Gasteiger partial charge in [-0.15, -0.1) is 0 Å². The van der Waals surface area contributed by atoms with Gasteiger partial charge in [-0.2, -0.15) is 0 Å². The molecule has 1 unspecified atom stereocenters. The number of carbonyl (C=O) groups excluding carboxylic acids is 2. The van der Waals surface area contributed by atoms with Crippen molar-refractivity contribution in [3.05, 3.63) is 102 Å². The van der Waals surface area contributed by atoms with Crippen molar-refractivity contribution in [2.75, 3.05) is 11.5 Å². The number of para-hydroxylation sites is 2. The third-order valence-corrected chi connectivity index (χ3v) is 9.22. The number of hydrogen-bond acceptors (Lipinski definition) is 3. The van der Waals surface area contributed by atoms with Crippen LogP contribution in [-0.2, 0) is 28.2 Å². The molecular weight excluding hydrogens is 488 g/mol. The molecule has 1 aromatic heterocycles. The standard InChI is InChI=1S/C32H36N2O3Si/c1-32(26-15-9-11-17-28(26)33(31(32)36)22-24-12-6-5-7-13-24)21-30(35)29-20-25-14-8-10-16-27(25)34(29)23-37-18-19-38(2,3)4/h5-17,20H,18-19,21-23H2,1-4H3. The summed E-state index contributed by atoms with van der Waals surface area (Å²) >= 11 is 0. The number of ketones is 1. The van der Waals surface area contributed by atoms with Crippen molar-refractivity contribution >= 4 is 36.4 Å². The van der Waals surface area contributed by atoms with E-state index in [4.69, 9.17) is 4.74 Å². The van der Waals surface area contributed by atoms with Gasteiger partial charge in [0, 0.05) is 32.2 Å². The van der Waals surface area contributed by atoms with Gasteiger partial charge < -0.3 is 14.2 Å². The van der Waals surface area contributed by atoms with E-state index in [9.17, 15) is 9.59 Å². The van der Waals surface area contributed by atoms with Crippen LogP contribution in [0.5, 0.6) is 0 Å². The topological polar surface area (TPSA) is 51.5 Å². The summed E-state index contributed by atoms with van der Waals surface area (Å²) in [7, 11) is -1.22. The third kappa shape index (κ3) is 5.11. The molecule has 6 heteroatoms. The van der Waals surface area contributed by atoms with Crippen molar-refractivity contribution in [3.8, 4) is 0 Å². The van der Waals surface area contributed by atoms with Crippen molar-refractivity contribution < 1.29 is 14.3 Å². The fourth-order valence-electron chi connectivity index (χ4n) is 5.32. The number of benzene rings is 3. The molecule has 1 aliphatic heterocycles. The lowest BCUT2D eigenvalue weighted by molar-refractivity contribution is -0.122. The summed E-state index contributed by atoms with van der Waals surface area (Å²) in [6, 6.07) is 28.9. The Kier molecular flexibility index (Phi) is 7.12. The first kappa shape index (κ1) is 26.1. The SMILES string of the molecule is CC1(CC(=O)c2cc3ccccc3n2COCC[Si](C)(C)C)C(=O)N(Cc2ccccc2)c2ccccc21. The Labute approximate surface area is 226 Å². The highest BCUT2D eigenvalue weighted by atomic mass is 28.3. The molecule has 0 spiro atoms. The molecule has 2 heterocycles. The molecular formula is C32H36N2O3Si. The first-order valence-corrected chi connectivity index (χ1v) is 17.0. The van der Waals surface area contributed by atoms with E-state index in [0.717, 1.165) is 33.8 Å². The van der Waals surface area contributed by atoms with E-state index in [1.165, 1.54) is 0 Å². The minimum atomic E-state index is -1.22. The molecule has 196 valence electrons. The van der Waals surface area contributed by atoms with E-state index in [0.29, 0.717) is 25.6 Å². The maximum Gasteiger partial charge on any atom is 0.238 e. The summed E-state index contributed by atoms with van der Waals surface area (Å²) in [5.41, 5.74) is 3.46. The van der Waals surface area contributed by atoms with E-state index in [1.807, 2.05) is 101 Å². The maximum absolute atomic E-state index is 14.0. The number of Topliss-reactive ketones (excluding diaryl/α,β-unsaturated/α-hetero) is 1. The lowest BCUT2D eigenvalue weighted by Crippen LogP contribution is -2.39. The van der Waals surface area contributed by atoms with Gasteiger partial charge in [0.1, 0.15) is 6.73 Å². The Morgan fingerprint density at radius 2 is 1.61 bits per heavy atom. The predicted octanol–water partition coefficient (Wildman–Crippen LogP) is 7.03. The smallest absolute Gasteiger partial charge is 0.238 e. The Morgan fingerprint density at radius 3 is 2.37 bits per heavy atom. The molecule has 0 bridgehead atoms. The van der Waals surface area contributed by atoms with Gasteiger partial charge in [-0.3, -0.25) is 9.59 Å². The molecule has 0 aliphatic carbocycles. The second-order valence-corrected chi connectivity index (χ2v) is 17.3. The Bertz CT molecular complexity index is 1470. The van der Waals surface area contributed by atoms with E-state index >= 15 is 0 Å². The van der Waals surface area contributed by atoms with Crippen molar-refractivity contribution in [3.63, 3.8) is 0 Å². The molecule has 3 aromatic carbocycles. The van der Waals surface area contributed by atoms with Crippen LogP contribution in [0.25, 0.3) is 10.9 Å². The number of amides is 1. The van der Waals surface area contributed by atoms with E-state index in [2.05, 4.69) is 19.6 Å². The van der Waals surface area contributed by atoms with Crippen LogP contribution in [0.3, 0.4) is 0 Å². The normalized spacial score (nSPS) is 17.3. The molecule has 5 rings (SSSR count). The highest BCUT2D eigenvalue weighted by Gasteiger charge is 2.48. The van der Waals surface area contributed by atoms with Crippen LogP contribution < -0.4 is 4.90 Å². The van der Waals surface area contributed by atoms with E-state index < -0.39 is 13.5 Å². The minimum absolute atomic E-state index is 0.0371. The average Bonchev–Trinajstić information content (AvgIpc) is 3.36. The summed E-state index contributed by atoms with van der Waals surface area (Å²) in [4.78, 5) is 29.8. The van der Waals surface area contributed by atoms with Crippen LogP contribution in [0.15, 0.2) is 84.9 Å². The van der Waals surface area contributed by atoms with Gasteiger partial charge in [-0.25, -0.2) is 0 Å². The van der Waals surface area contributed by atoms with Crippen LogP contribution in [0.1, 0.15) is 35.0 Å². The minimum Gasteiger partial charge on any atom is -0.361 e. The fraction of sp³-hybridized carbons (Fsp3) is 0.312. The molecule has 1 atom stereocenters. The third-order valence-electron chi connectivity index (χ3n) is 7.52. The Hall–Kier alpha value is -3.48. The van der Waals surface area contributed by atoms with E-state index in [-0.39, 0.29) is 18.1 Å². The number of carbonyl (C=O) groups is 2. The van der Waals surface area contributed by atoms with Crippen molar-refractivity contribution in [1.82, 2.24) is 4.57 Å². The monoisotopic (exact) mass is 524 g/mol. The second kappa shape index (κ2) is 10.3. The lowest BCUT2D eigenvalue weighted by Gasteiger charge is -2.24. The molecule has 0 saturated carbocycles. The Balaban J connectivity index is 1.44. The number of anilines is 1. The molecule has 1 amide bonds. The van der Waals surface area contributed by atoms with E-state index in [1.54, 1.807) is 0 Å². The zero-order valence-corrected chi connectivity index (χ0v) is 23.7. The summed E-state index contributed by atoms with van der Waals surface area (Å²) in [5.74, 6) is -0.0906. The quantitative estimate of drug-likeness (QED) is 0.127. The molecule has 0 radical (unpaired) electrons. The molecule has 0 saturated heterocycles. The average molecular weight is 525 g/mol. The largest absolute Gasteiger partial charge is 0.361 e. The predicted molar refractivity (Wildman–Crippen MR) is 156 cm³/mol. The van der Waals surface area contributed by atoms with Gasteiger partial charge in [0.15, 0.2) is 5.78 Å². The zero-order chi connectivity index (χ0) is 26.9. The van der Waals surface area contributed by atoms with Crippen molar-refractivity contribution in [2.24, 2.45) is 0 Å². The van der Waals surface area contributed by atoms with Gasteiger partial charge in [0.2, 0.25) is 5.91 Å². The number of hydrogen-bond donors (Lipinski definition) is 0. The number of fused-ring (bicyclic) bond motifs is 2. The molecule has 0 N–H and O–H groups in total. The van der Waals surface area contributed by atoms with Crippen molar-refractivity contribution in [2.45, 2.75) is 57.7 Å². The van der Waals surface area contributed by atoms with Gasteiger partial charge >= 0.3 is 0 Å². The van der Waals surface area contributed by atoms with Crippen LogP contribution in [-0.4, -0.2) is 30.9 Å². The number of rotatable bonds is 10. The maximum atomic E-state index is 14.0. The van der Waals surface area contributed by atoms with Crippen LogP contribution in [0.2, 0.25) is 25.7 Å². The molecule has 0 fully saturated rings. The van der Waals surface area contributed by atoms with Gasteiger partial charge in [0.05, 0.1) is 23.2 Å². The second-order valence-electron chi connectivity index (χ2n) is 11.7. The van der Waals surface area contributed by atoms with Gasteiger partial charge in [0.25, 0.3) is 0 Å². The molecule has 38 heavy (non-hydrogen) atoms. The van der Waals surface area contributed by atoms with Crippen LogP contribution in [0.4, 0.5) is 5.69 Å².